The Morgan fingerprint density at radius 1 is 1.67 bits per heavy atom. The van der Waals surface area contributed by atoms with Crippen LogP contribution in [0.15, 0.2) is 0 Å². The van der Waals surface area contributed by atoms with Gasteiger partial charge in [0.1, 0.15) is 7.85 Å². The molecule has 2 radical (unpaired) electrons. The van der Waals surface area contributed by atoms with E-state index in [1.807, 2.05) is 21.6 Å². The number of fused-ring (bicyclic) bond motifs is 2. The van der Waals surface area contributed by atoms with Gasteiger partial charge in [0.25, 0.3) is 0 Å². The molecule has 12 heavy (non-hydrogen) atoms. The molecule has 2 fully saturated rings. The molecule has 4 heteroatoms. The van der Waals surface area contributed by atoms with Gasteiger partial charge in [0, 0.05) is 22.9 Å². The van der Waals surface area contributed by atoms with Crippen molar-refractivity contribution >= 4 is 29.4 Å². The zero-order valence-corrected chi connectivity index (χ0v) is 9.08. The first-order valence-electron chi connectivity index (χ1n) is 4.41. The van der Waals surface area contributed by atoms with Gasteiger partial charge in [-0.3, -0.25) is 0 Å². The second-order valence-corrected chi connectivity index (χ2v) is 6.16. The fourth-order valence-corrected chi connectivity index (χ4v) is 5.69. The zero-order chi connectivity index (χ0) is 8.77. The van der Waals surface area contributed by atoms with Crippen LogP contribution in [0.3, 0.4) is 0 Å². The summed E-state index contributed by atoms with van der Waals surface area (Å²) < 4.78 is 5.87. The van der Waals surface area contributed by atoms with Crippen LogP contribution in [0.2, 0.25) is 0 Å². The van der Waals surface area contributed by atoms with E-state index in [1.54, 1.807) is 0 Å². The van der Waals surface area contributed by atoms with E-state index < -0.39 is 0 Å². The van der Waals surface area contributed by atoms with Crippen LogP contribution in [-0.4, -0.2) is 30.5 Å². The summed E-state index contributed by atoms with van der Waals surface area (Å²) in [7, 11) is 9.73. The van der Waals surface area contributed by atoms with Crippen LogP contribution in [0.4, 0.5) is 0 Å². The lowest BCUT2D eigenvalue weighted by Gasteiger charge is -2.35. The van der Waals surface area contributed by atoms with Crippen LogP contribution in [0.1, 0.15) is 20.3 Å². The maximum absolute atomic E-state index is 5.91. The van der Waals surface area contributed by atoms with Crippen molar-refractivity contribution in [1.29, 1.82) is 0 Å². The molecule has 0 aromatic carbocycles. The largest absolute Gasteiger partial charge is 0.379 e. The van der Waals surface area contributed by atoms with Gasteiger partial charge < -0.3 is 4.74 Å². The number of rotatable bonds is 1. The molecule has 1 unspecified atom stereocenters. The predicted molar refractivity (Wildman–Crippen MR) is 56.7 cm³/mol. The third-order valence-electron chi connectivity index (χ3n) is 3.10. The molecule has 66 valence electrons. The monoisotopic (exact) mass is 200 g/mol. The Kier molecular flexibility index (Phi) is 2.43. The SMILES string of the molecule is [B][C@@H]1O[C@@]2(CC)CSS[C@H]1C2C. The maximum atomic E-state index is 5.91. The molecular weight excluding hydrogens is 187 g/mol. The van der Waals surface area contributed by atoms with Crippen molar-refractivity contribution in [2.24, 2.45) is 5.92 Å². The number of hydrogen-bond donors (Lipinski definition) is 0. The molecule has 0 saturated carbocycles. The summed E-state index contributed by atoms with van der Waals surface area (Å²) in [6.07, 6.45) is 1.09. The first-order valence-corrected chi connectivity index (χ1v) is 6.79. The lowest BCUT2D eigenvalue weighted by molar-refractivity contribution is -0.0140. The summed E-state index contributed by atoms with van der Waals surface area (Å²) in [5.41, 5.74) is 0.0833. The minimum absolute atomic E-state index is 0.0417. The predicted octanol–water partition coefficient (Wildman–Crippen LogP) is 2.06. The fraction of sp³-hybridized carbons (Fsp3) is 1.00. The number of ether oxygens (including phenoxy) is 1. The third-order valence-corrected chi connectivity index (χ3v) is 6.17. The molecular formula is C8H13BOS2. The van der Waals surface area contributed by atoms with Crippen molar-refractivity contribution in [2.45, 2.75) is 37.1 Å². The van der Waals surface area contributed by atoms with Crippen molar-refractivity contribution < 1.29 is 4.74 Å². The van der Waals surface area contributed by atoms with Crippen molar-refractivity contribution in [2.75, 3.05) is 5.75 Å². The van der Waals surface area contributed by atoms with Gasteiger partial charge in [-0.25, -0.2) is 0 Å². The molecule has 2 aliphatic heterocycles. The van der Waals surface area contributed by atoms with Crippen LogP contribution in [-0.2, 0) is 4.74 Å². The Morgan fingerprint density at radius 2 is 2.42 bits per heavy atom. The second kappa shape index (κ2) is 3.14. The normalized spacial score (nSPS) is 52.7. The van der Waals surface area contributed by atoms with Gasteiger partial charge in [-0.1, -0.05) is 35.4 Å². The molecule has 0 aromatic heterocycles. The van der Waals surface area contributed by atoms with E-state index in [0.29, 0.717) is 11.2 Å². The smallest absolute Gasteiger partial charge is 0.110 e. The van der Waals surface area contributed by atoms with Gasteiger partial charge in [0.2, 0.25) is 0 Å². The van der Waals surface area contributed by atoms with Crippen molar-refractivity contribution in [3.05, 3.63) is 0 Å². The highest BCUT2D eigenvalue weighted by Gasteiger charge is 2.52. The second-order valence-electron chi connectivity index (χ2n) is 3.61. The summed E-state index contributed by atoms with van der Waals surface area (Å²) in [5, 5.41) is 0.503. The van der Waals surface area contributed by atoms with Crippen LogP contribution < -0.4 is 0 Å². The van der Waals surface area contributed by atoms with Crippen molar-refractivity contribution in [1.82, 2.24) is 0 Å². The Morgan fingerprint density at radius 3 is 3.00 bits per heavy atom. The number of hydrogen-bond acceptors (Lipinski definition) is 3. The topological polar surface area (TPSA) is 9.23 Å². The summed E-state index contributed by atoms with van der Waals surface area (Å²) >= 11 is 0. The van der Waals surface area contributed by atoms with Crippen LogP contribution in [0, 0.1) is 5.92 Å². The molecule has 2 aliphatic rings. The zero-order valence-electron chi connectivity index (χ0n) is 7.45. The Hall–Kier alpha value is 0.725. The highest BCUT2D eigenvalue weighted by atomic mass is 33.1. The fourth-order valence-electron chi connectivity index (χ4n) is 2.05. The summed E-state index contributed by atoms with van der Waals surface area (Å²) in [6.45, 7) is 4.47. The van der Waals surface area contributed by atoms with Crippen molar-refractivity contribution in [3.8, 4) is 0 Å². The Balaban J connectivity index is 2.24. The van der Waals surface area contributed by atoms with Crippen molar-refractivity contribution in [3.63, 3.8) is 0 Å². The van der Waals surface area contributed by atoms with E-state index in [0.717, 1.165) is 12.2 Å². The van der Waals surface area contributed by atoms with Gasteiger partial charge >= 0.3 is 0 Å². The summed E-state index contributed by atoms with van der Waals surface area (Å²) in [5.74, 6) is 1.71. The standard InChI is InChI=1S/C8H13BOS2/c1-3-8-4-11-12-6(5(8)2)7(9)10-8/h5-7H,3-4H2,1-2H3/t5?,6-,7+,8-/m0/s1. The lowest BCUT2D eigenvalue weighted by Crippen LogP contribution is -2.39. The van der Waals surface area contributed by atoms with Gasteiger partial charge in [-0.15, -0.1) is 0 Å². The molecule has 0 aromatic rings. The Bertz CT molecular complexity index is 190. The van der Waals surface area contributed by atoms with E-state index >= 15 is 0 Å². The highest BCUT2D eigenvalue weighted by molar-refractivity contribution is 8.77. The third kappa shape index (κ3) is 1.15. The highest BCUT2D eigenvalue weighted by Crippen LogP contribution is 2.54. The van der Waals surface area contributed by atoms with E-state index in [9.17, 15) is 0 Å². The van der Waals surface area contributed by atoms with E-state index in [4.69, 9.17) is 12.6 Å². The first-order chi connectivity index (χ1) is 5.69. The van der Waals surface area contributed by atoms with E-state index in [1.165, 1.54) is 0 Å². The molecule has 2 rings (SSSR count). The molecule has 0 aliphatic carbocycles. The minimum atomic E-state index is -0.0417. The maximum Gasteiger partial charge on any atom is 0.110 e. The summed E-state index contributed by atoms with van der Waals surface area (Å²) in [4.78, 5) is 0. The lowest BCUT2D eigenvalue weighted by atomic mass is 9.84. The first kappa shape index (κ1) is 9.29. The average molecular weight is 200 g/mol. The average Bonchev–Trinajstić information content (AvgIpc) is 2.23. The van der Waals surface area contributed by atoms with Gasteiger partial charge in [-0.05, 0) is 6.42 Å². The van der Waals surface area contributed by atoms with E-state index in [2.05, 4.69) is 13.8 Å². The molecule has 4 atom stereocenters. The molecule has 0 N–H and O–H groups in total. The van der Waals surface area contributed by atoms with Gasteiger partial charge in [0.05, 0.1) is 5.60 Å². The van der Waals surface area contributed by atoms with Gasteiger partial charge in [-0.2, -0.15) is 0 Å². The van der Waals surface area contributed by atoms with Gasteiger partial charge in [0.15, 0.2) is 0 Å². The molecule has 1 nitrogen and oxygen atoms in total. The molecule has 2 heterocycles. The van der Waals surface area contributed by atoms with Crippen LogP contribution in [0.5, 0.6) is 0 Å². The quantitative estimate of drug-likeness (QED) is 0.473. The molecule has 2 saturated heterocycles. The van der Waals surface area contributed by atoms with E-state index in [-0.39, 0.29) is 11.6 Å². The molecule has 0 spiro atoms. The van der Waals surface area contributed by atoms with Crippen LogP contribution in [0.25, 0.3) is 0 Å². The molecule has 2 bridgehead atoms. The molecule has 0 amide bonds. The minimum Gasteiger partial charge on any atom is -0.379 e. The summed E-state index contributed by atoms with van der Waals surface area (Å²) in [6, 6.07) is -0.0417. The van der Waals surface area contributed by atoms with Crippen LogP contribution >= 0.6 is 21.6 Å². The Labute approximate surface area is 83.2 Å².